The molecule has 0 aliphatic rings. The smallest absolute Gasteiger partial charge is 0.123 e. The fraction of sp³-hybridized carbons (Fsp3) is 0.429. The van der Waals surface area contributed by atoms with Gasteiger partial charge in [0.1, 0.15) is 5.82 Å². The summed E-state index contributed by atoms with van der Waals surface area (Å²) in [6, 6.07) is 4.98. The number of fused-ring (bicyclic) bond motifs is 1. The molecule has 0 aliphatic heterocycles. The van der Waals surface area contributed by atoms with Gasteiger partial charge in [0, 0.05) is 23.1 Å². The van der Waals surface area contributed by atoms with Crippen LogP contribution in [0.1, 0.15) is 31.7 Å². The Morgan fingerprint density at radius 2 is 2.24 bits per heavy atom. The van der Waals surface area contributed by atoms with Crippen molar-refractivity contribution in [1.82, 2.24) is 4.98 Å². The van der Waals surface area contributed by atoms with Gasteiger partial charge in [-0.3, -0.25) is 0 Å². The predicted octanol–water partition coefficient (Wildman–Crippen LogP) is 3.37. The number of halogens is 1. The minimum absolute atomic E-state index is 0.164. The van der Waals surface area contributed by atoms with E-state index in [4.69, 9.17) is 5.73 Å². The number of nitrogens with one attached hydrogen (secondary N) is 1. The molecule has 0 unspecified atom stereocenters. The number of hydrogen-bond acceptors (Lipinski definition) is 1. The molecule has 2 aromatic rings. The Labute approximate surface area is 101 Å². The van der Waals surface area contributed by atoms with Crippen LogP contribution in [0.25, 0.3) is 10.9 Å². The zero-order valence-electron chi connectivity index (χ0n) is 10.2. The minimum Gasteiger partial charge on any atom is -0.361 e. The van der Waals surface area contributed by atoms with Crippen LogP contribution in [0.2, 0.25) is 0 Å². The number of aromatic nitrogens is 1. The van der Waals surface area contributed by atoms with Crippen molar-refractivity contribution >= 4 is 10.9 Å². The highest BCUT2D eigenvalue weighted by atomic mass is 19.1. The van der Waals surface area contributed by atoms with E-state index in [9.17, 15) is 4.39 Å². The topological polar surface area (TPSA) is 41.8 Å². The maximum atomic E-state index is 13.2. The lowest BCUT2D eigenvalue weighted by atomic mass is 10.0. The number of hydrogen-bond donors (Lipinski definition) is 2. The number of aromatic amines is 1. The molecule has 1 heterocycles. The Hall–Kier alpha value is -1.35. The number of benzene rings is 1. The predicted molar refractivity (Wildman–Crippen MR) is 69.5 cm³/mol. The molecule has 1 aromatic heterocycles. The lowest BCUT2D eigenvalue weighted by Gasteiger charge is -2.09. The van der Waals surface area contributed by atoms with Crippen LogP contribution in [-0.4, -0.2) is 11.0 Å². The summed E-state index contributed by atoms with van der Waals surface area (Å²) >= 11 is 0. The van der Waals surface area contributed by atoms with Crippen LogP contribution >= 0.6 is 0 Å². The highest BCUT2D eigenvalue weighted by Gasteiger charge is 2.09. The van der Waals surface area contributed by atoms with E-state index >= 15 is 0 Å². The standard InChI is InChI=1S/C14H19FN2/c1-2-3-4-12(16)7-10-9-17-14-6-5-11(15)8-13(10)14/h5-6,8-9,12,17H,2-4,7,16H2,1H3/t12-/m0/s1. The molecule has 0 bridgehead atoms. The van der Waals surface area contributed by atoms with Crippen LogP contribution in [0.15, 0.2) is 24.4 Å². The van der Waals surface area contributed by atoms with Crippen molar-refractivity contribution in [3.8, 4) is 0 Å². The molecular weight excluding hydrogens is 215 g/mol. The van der Waals surface area contributed by atoms with E-state index in [2.05, 4.69) is 11.9 Å². The summed E-state index contributed by atoms with van der Waals surface area (Å²) < 4.78 is 13.2. The third-order valence-electron chi connectivity index (χ3n) is 3.14. The summed E-state index contributed by atoms with van der Waals surface area (Å²) in [5.41, 5.74) is 8.16. The first kappa shape index (κ1) is 12.1. The monoisotopic (exact) mass is 234 g/mol. The summed E-state index contributed by atoms with van der Waals surface area (Å²) in [7, 11) is 0. The van der Waals surface area contributed by atoms with Gasteiger partial charge in [-0.1, -0.05) is 19.8 Å². The second-order valence-corrected chi connectivity index (χ2v) is 4.61. The SMILES string of the molecule is CCCC[C@H](N)Cc1c[nH]c2ccc(F)cc12. The average molecular weight is 234 g/mol. The summed E-state index contributed by atoms with van der Waals surface area (Å²) in [6.45, 7) is 2.16. The molecule has 3 N–H and O–H groups in total. The molecule has 0 radical (unpaired) electrons. The van der Waals surface area contributed by atoms with Crippen molar-refractivity contribution in [3.63, 3.8) is 0 Å². The van der Waals surface area contributed by atoms with Gasteiger partial charge in [0.05, 0.1) is 0 Å². The summed E-state index contributed by atoms with van der Waals surface area (Å²) in [5, 5.41) is 0.956. The van der Waals surface area contributed by atoms with Gasteiger partial charge in [0.15, 0.2) is 0 Å². The van der Waals surface area contributed by atoms with Gasteiger partial charge >= 0.3 is 0 Å². The number of H-pyrrole nitrogens is 1. The largest absolute Gasteiger partial charge is 0.361 e. The van der Waals surface area contributed by atoms with Crippen LogP contribution in [0.4, 0.5) is 4.39 Å². The van der Waals surface area contributed by atoms with E-state index in [0.29, 0.717) is 0 Å². The van der Waals surface area contributed by atoms with Crippen molar-refractivity contribution < 1.29 is 4.39 Å². The lowest BCUT2D eigenvalue weighted by molar-refractivity contribution is 0.575. The van der Waals surface area contributed by atoms with E-state index < -0.39 is 0 Å². The minimum atomic E-state index is -0.194. The van der Waals surface area contributed by atoms with Crippen molar-refractivity contribution in [2.75, 3.05) is 0 Å². The Morgan fingerprint density at radius 1 is 1.41 bits per heavy atom. The molecule has 1 atom stereocenters. The Balaban J connectivity index is 2.15. The van der Waals surface area contributed by atoms with Gasteiger partial charge in [-0.05, 0) is 36.6 Å². The number of rotatable bonds is 5. The molecule has 0 saturated carbocycles. The fourth-order valence-corrected chi connectivity index (χ4v) is 2.17. The molecular formula is C14H19FN2. The molecule has 0 spiro atoms. The van der Waals surface area contributed by atoms with Gasteiger partial charge in [-0.25, -0.2) is 4.39 Å². The highest BCUT2D eigenvalue weighted by Crippen LogP contribution is 2.21. The lowest BCUT2D eigenvalue weighted by Crippen LogP contribution is -2.22. The zero-order valence-corrected chi connectivity index (χ0v) is 10.2. The third-order valence-corrected chi connectivity index (χ3v) is 3.14. The average Bonchev–Trinajstić information content (AvgIpc) is 2.69. The Kier molecular flexibility index (Phi) is 3.79. The normalized spacial score (nSPS) is 13.1. The van der Waals surface area contributed by atoms with Crippen LogP contribution in [0, 0.1) is 5.82 Å². The first-order valence-electron chi connectivity index (χ1n) is 6.21. The van der Waals surface area contributed by atoms with E-state index in [1.165, 1.54) is 6.07 Å². The van der Waals surface area contributed by atoms with Gasteiger partial charge in [0.2, 0.25) is 0 Å². The Bertz CT molecular complexity index is 490. The molecule has 92 valence electrons. The van der Waals surface area contributed by atoms with Crippen LogP contribution < -0.4 is 5.73 Å². The molecule has 0 amide bonds. The van der Waals surface area contributed by atoms with Gasteiger partial charge in [0.25, 0.3) is 0 Å². The van der Waals surface area contributed by atoms with E-state index in [1.54, 1.807) is 12.1 Å². The van der Waals surface area contributed by atoms with Crippen molar-refractivity contribution in [3.05, 3.63) is 35.8 Å². The summed E-state index contributed by atoms with van der Waals surface area (Å²) in [5.74, 6) is -0.194. The molecule has 0 aliphatic carbocycles. The zero-order chi connectivity index (χ0) is 12.3. The number of nitrogens with two attached hydrogens (primary N) is 1. The van der Waals surface area contributed by atoms with Crippen LogP contribution in [0.3, 0.4) is 0 Å². The second kappa shape index (κ2) is 5.32. The molecule has 0 saturated heterocycles. The third kappa shape index (κ3) is 2.86. The van der Waals surface area contributed by atoms with Gasteiger partial charge in [-0.2, -0.15) is 0 Å². The fourth-order valence-electron chi connectivity index (χ4n) is 2.17. The van der Waals surface area contributed by atoms with E-state index in [0.717, 1.165) is 42.1 Å². The Morgan fingerprint density at radius 3 is 3.00 bits per heavy atom. The first-order valence-corrected chi connectivity index (χ1v) is 6.21. The van der Waals surface area contributed by atoms with Gasteiger partial charge in [-0.15, -0.1) is 0 Å². The molecule has 17 heavy (non-hydrogen) atoms. The molecule has 0 fully saturated rings. The van der Waals surface area contributed by atoms with Crippen molar-refractivity contribution in [2.24, 2.45) is 5.73 Å². The second-order valence-electron chi connectivity index (χ2n) is 4.61. The first-order chi connectivity index (χ1) is 8.20. The molecule has 1 aromatic carbocycles. The van der Waals surface area contributed by atoms with Crippen molar-refractivity contribution in [1.29, 1.82) is 0 Å². The van der Waals surface area contributed by atoms with Crippen LogP contribution in [-0.2, 0) is 6.42 Å². The maximum Gasteiger partial charge on any atom is 0.123 e. The van der Waals surface area contributed by atoms with Gasteiger partial charge < -0.3 is 10.7 Å². The quantitative estimate of drug-likeness (QED) is 0.818. The summed E-state index contributed by atoms with van der Waals surface area (Å²) in [6.07, 6.45) is 6.09. The molecule has 3 heteroatoms. The highest BCUT2D eigenvalue weighted by molar-refractivity contribution is 5.83. The molecule has 2 nitrogen and oxygen atoms in total. The molecule has 2 rings (SSSR count). The number of unbranched alkanes of at least 4 members (excludes halogenated alkanes) is 1. The van der Waals surface area contributed by atoms with E-state index in [-0.39, 0.29) is 11.9 Å². The summed E-state index contributed by atoms with van der Waals surface area (Å²) in [4.78, 5) is 3.15. The van der Waals surface area contributed by atoms with E-state index in [1.807, 2.05) is 6.20 Å². The maximum absolute atomic E-state index is 13.2. The van der Waals surface area contributed by atoms with Crippen LogP contribution in [0.5, 0.6) is 0 Å². The van der Waals surface area contributed by atoms with Crippen molar-refractivity contribution in [2.45, 2.75) is 38.6 Å².